The first-order chi connectivity index (χ1) is 5.66. The van der Waals surface area contributed by atoms with E-state index in [2.05, 4.69) is 0 Å². The lowest BCUT2D eigenvalue weighted by atomic mass is 10.0. The smallest absolute Gasteiger partial charge is 0.145 e. The molecule has 0 saturated carbocycles. The zero-order valence-electron chi connectivity index (χ0n) is 7.13. The number of hydrogen-bond acceptors (Lipinski definition) is 1. The van der Waals surface area contributed by atoms with Crippen molar-refractivity contribution in [1.29, 1.82) is 5.26 Å². The van der Waals surface area contributed by atoms with Crippen molar-refractivity contribution < 1.29 is 0 Å². The Bertz CT molecular complexity index is 325. The van der Waals surface area contributed by atoms with Crippen LogP contribution in [0, 0.1) is 25.2 Å². The molecule has 0 amide bonds. The number of nitrogens with zero attached hydrogens (tertiary/aromatic N) is 1. The molecular weight excluding hydrogens is 170 g/mol. The van der Waals surface area contributed by atoms with Crippen molar-refractivity contribution in [3.05, 3.63) is 34.9 Å². The fraction of sp³-hybridized carbons (Fsp3) is 0.300. The number of benzene rings is 1. The number of aryl methyl sites for hydroxylation is 1. The number of nitriles is 1. The average Bonchev–Trinajstić information content (AvgIpc) is 2.08. The first kappa shape index (κ1) is 9.09. The van der Waals surface area contributed by atoms with Crippen LogP contribution in [-0.4, -0.2) is 0 Å². The second-order valence-electron chi connectivity index (χ2n) is 2.78. The highest BCUT2D eigenvalue weighted by Crippen LogP contribution is 2.24. The van der Waals surface area contributed by atoms with Crippen LogP contribution in [-0.2, 0) is 0 Å². The van der Waals surface area contributed by atoms with Gasteiger partial charge in [0.05, 0.1) is 6.07 Å². The molecule has 62 valence electrons. The van der Waals surface area contributed by atoms with Gasteiger partial charge in [-0.3, -0.25) is 0 Å². The monoisotopic (exact) mass is 179 g/mol. The number of halogens is 1. The Morgan fingerprint density at radius 1 is 1.42 bits per heavy atom. The van der Waals surface area contributed by atoms with Crippen LogP contribution in [0.2, 0.25) is 0 Å². The number of hydrogen-bond donors (Lipinski definition) is 0. The third-order valence-electron chi connectivity index (χ3n) is 2.03. The largest absolute Gasteiger partial charge is 0.196 e. The van der Waals surface area contributed by atoms with E-state index in [-0.39, 0.29) is 0 Å². The van der Waals surface area contributed by atoms with E-state index < -0.39 is 5.38 Å². The SMILES string of the molecule is Cc1cccc(C(Cl)C#N)c1C. The molecule has 0 saturated heterocycles. The summed E-state index contributed by atoms with van der Waals surface area (Å²) in [6.07, 6.45) is 0. The molecule has 1 nitrogen and oxygen atoms in total. The molecule has 0 aromatic heterocycles. The van der Waals surface area contributed by atoms with Crippen molar-refractivity contribution in [3.63, 3.8) is 0 Å². The Hall–Kier alpha value is -1.00. The van der Waals surface area contributed by atoms with Gasteiger partial charge in [0.25, 0.3) is 0 Å². The van der Waals surface area contributed by atoms with Crippen molar-refractivity contribution in [2.45, 2.75) is 19.2 Å². The lowest BCUT2D eigenvalue weighted by Gasteiger charge is -2.07. The summed E-state index contributed by atoms with van der Waals surface area (Å²) in [6, 6.07) is 7.84. The molecule has 1 atom stereocenters. The molecule has 1 unspecified atom stereocenters. The molecule has 0 aliphatic rings. The van der Waals surface area contributed by atoms with E-state index in [1.54, 1.807) is 0 Å². The van der Waals surface area contributed by atoms with E-state index in [1.807, 2.05) is 38.1 Å². The molecule has 0 bridgehead atoms. The second-order valence-corrected chi connectivity index (χ2v) is 3.22. The minimum atomic E-state index is -0.523. The van der Waals surface area contributed by atoms with Crippen LogP contribution >= 0.6 is 11.6 Å². The molecule has 1 aromatic carbocycles. The molecule has 2 heteroatoms. The van der Waals surface area contributed by atoms with Crippen LogP contribution in [0.25, 0.3) is 0 Å². The van der Waals surface area contributed by atoms with Crippen LogP contribution in [0.3, 0.4) is 0 Å². The maximum Gasteiger partial charge on any atom is 0.145 e. The Morgan fingerprint density at radius 3 is 2.67 bits per heavy atom. The fourth-order valence-electron chi connectivity index (χ4n) is 1.12. The minimum Gasteiger partial charge on any atom is -0.196 e. The van der Waals surface area contributed by atoms with E-state index in [1.165, 1.54) is 5.56 Å². The molecule has 1 rings (SSSR count). The van der Waals surface area contributed by atoms with E-state index in [0.717, 1.165) is 11.1 Å². The third kappa shape index (κ3) is 1.60. The molecular formula is C10H10ClN. The van der Waals surface area contributed by atoms with Crippen LogP contribution < -0.4 is 0 Å². The summed E-state index contributed by atoms with van der Waals surface area (Å²) in [5.74, 6) is 0. The standard InChI is InChI=1S/C10H10ClN/c1-7-4-3-5-9(8(7)2)10(11)6-12/h3-5,10H,1-2H3. The summed E-state index contributed by atoms with van der Waals surface area (Å²) < 4.78 is 0. The third-order valence-corrected chi connectivity index (χ3v) is 2.37. The van der Waals surface area contributed by atoms with Gasteiger partial charge in [-0.15, -0.1) is 11.6 Å². The molecule has 0 N–H and O–H groups in total. The topological polar surface area (TPSA) is 23.8 Å². The highest BCUT2D eigenvalue weighted by molar-refractivity contribution is 6.22. The molecule has 12 heavy (non-hydrogen) atoms. The summed E-state index contributed by atoms with van der Waals surface area (Å²) in [4.78, 5) is 0. The summed E-state index contributed by atoms with van der Waals surface area (Å²) in [7, 11) is 0. The Labute approximate surface area is 77.6 Å². The Balaban J connectivity index is 3.18. The van der Waals surface area contributed by atoms with Crippen molar-refractivity contribution in [2.24, 2.45) is 0 Å². The van der Waals surface area contributed by atoms with E-state index in [9.17, 15) is 0 Å². The zero-order valence-corrected chi connectivity index (χ0v) is 7.89. The normalized spacial score (nSPS) is 12.2. The van der Waals surface area contributed by atoms with Crippen LogP contribution in [0.15, 0.2) is 18.2 Å². The Kier molecular flexibility index (Phi) is 2.73. The summed E-state index contributed by atoms with van der Waals surface area (Å²) >= 11 is 5.81. The van der Waals surface area contributed by atoms with Crippen molar-refractivity contribution in [1.82, 2.24) is 0 Å². The fourth-order valence-corrected chi connectivity index (χ4v) is 1.35. The van der Waals surface area contributed by atoms with Crippen molar-refractivity contribution in [2.75, 3.05) is 0 Å². The quantitative estimate of drug-likeness (QED) is 0.608. The number of rotatable bonds is 1. The van der Waals surface area contributed by atoms with Gasteiger partial charge in [0, 0.05) is 0 Å². The second kappa shape index (κ2) is 3.60. The van der Waals surface area contributed by atoms with Gasteiger partial charge in [-0.25, -0.2) is 0 Å². The lowest BCUT2D eigenvalue weighted by molar-refractivity contribution is 1.15. The van der Waals surface area contributed by atoms with Gasteiger partial charge in [-0.1, -0.05) is 18.2 Å². The van der Waals surface area contributed by atoms with Gasteiger partial charge in [0.2, 0.25) is 0 Å². The Morgan fingerprint density at radius 2 is 2.08 bits per heavy atom. The molecule has 0 aliphatic heterocycles. The van der Waals surface area contributed by atoms with Crippen LogP contribution in [0.4, 0.5) is 0 Å². The maximum atomic E-state index is 8.62. The van der Waals surface area contributed by atoms with Crippen LogP contribution in [0.5, 0.6) is 0 Å². The summed E-state index contributed by atoms with van der Waals surface area (Å²) in [5.41, 5.74) is 3.20. The van der Waals surface area contributed by atoms with Gasteiger partial charge < -0.3 is 0 Å². The van der Waals surface area contributed by atoms with Crippen molar-refractivity contribution >= 4 is 11.6 Å². The first-order valence-electron chi connectivity index (χ1n) is 3.76. The summed E-state index contributed by atoms with van der Waals surface area (Å²) in [5, 5.41) is 8.10. The van der Waals surface area contributed by atoms with Gasteiger partial charge in [0.1, 0.15) is 5.38 Å². The predicted molar refractivity (Wildman–Crippen MR) is 50.1 cm³/mol. The number of alkyl halides is 1. The first-order valence-corrected chi connectivity index (χ1v) is 4.20. The van der Waals surface area contributed by atoms with Gasteiger partial charge in [0.15, 0.2) is 0 Å². The van der Waals surface area contributed by atoms with Gasteiger partial charge in [-0.2, -0.15) is 5.26 Å². The minimum absolute atomic E-state index is 0.523. The molecule has 0 heterocycles. The van der Waals surface area contributed by atoms with E-state index >= 15 is 0 Å². The molecule has 0 fully saturated rings. The average molecular weight is 180 g/mol. The highest BCUT2D eigenvalue weighted by atomic mass is 35.5. The highest BCUT2D eigenvalue weighted by Gasteiger charge is 2.09. The van der Waals surface area contributed by atoms with E-state index in [4.69, 9.17) is 16.9 Å². The molecule has 0 radical (unpaired) electrons. The van der Waals surface area contributed by atoms with E-state index in [0.29, 0.717) is 0 Å². The lowest BCUT2D eigenvalue weighted by Crippen LogP contribution is -1.92. The molecule has 0 spiro atoms. The zero-order chi connectivity index (χ0) is 9.14. The van der Waals surface area contributed by atoms with Crippen molar-refractivity contribution in [3.8, 4) is 6.07 Å². The molecule has 1 aromatic rings. The summed E-state index contributed by atoms with van der Waals surface area (Å²) in [6.45, 7) is 4.00. The molecule has 0 aliphatic carbocycles. The predicted octanol–water partition coefficient (Wildman–Crippen LogP) is 3.11. The van der Waals surface area contributed by atoms with Gasteiger partial charge in [-0.05, 0) is 30.5 Å². The van der Waals surface area contributed by atoms with Crippen LogP contribution in [0.1, 0.15) is 22.1 Å². The van der Waals surface area contributed by atoms with Gasteiger partial charge >= 0.3 is 0 Å². The maximum absolute atomic E-state index is 8.62.